The molecule has 0 unspecified atom stereocenters. The van der Waals surface area contributed by atoms with Gasteiger partial charge in [0.25, 0.3) is 0 Å². The van der Waals surface area contributed by atoms with Gasteiger partial charge in [0.05, 0.1) is 31.9 Å². The van der Waals surface area contributed by atoms with Crippen molar-refractivity contribution < 1.29 is 24.2 Å². The van der Waals surface area contributed by atoms with Crippen LogP contribution in [0.15, 0.2) is 54.6 Å². The largest absolute Gasteiger partial charge is 0.493 e. The maximum absolute atomic E-state index is 12.5. The number of fused-ring (bicyclic) bond motifs is 1. The van der Waals surface area contributed by atoms with Crippen molar-refractivity contribution in [2.45, 2.75) is 6.42 Å². The highest BCUT2D eigenvalue weighted by Crippen LogP contribution is 2.33. The molecule has 2 N–H and O–H groups in total. The summed E-state index contributed by atoms with van der Waals surface area (Å²) in [7, 11) is 2.86. The molecule has 6 nitrogen and oxygen atoms in total. The van der Waals surface area contributed by atoms with Gasteiger partial charge in [-0.25, -0.2) is 4.79 Å². The fraction of sp³-hybridized carbons (Fsp3) is 0.143. The van der Waals surface area contributed by atoms with Gasteiger partial charge in [-0.2, -0.15) is 0 Å². The minimum absolute atomic E-state index is 0.0699. The molecular formula is C21H19NO5. The zero-order chi connectivity index (χ0) is 19.4. The zero-order valence-corrected chi connectivity index (χ0v) is 15.0. The van der Waals surface area contributed by atoms with Crippen molar-refractivity contribution in [3.63, 3.8) is 0 Å². The van der Waals surface area contributed by atoms with Gasteiger partial charge in [-0.3, -0.25) is 4.79 Å². The van der Waals surface area contributed by atoms with Crippen LogP contribution in [-0.4, -0.2) is 31.2 Å². The first kappa shape index (κ1) is 18.3. The summed E-state index contributed by atoms with van der Waals surface area (Å²) in [5.41, 5.74) is 0.925. The Kier molecular flexibility index (Phi) is 5.26. The number of anilines is 1. The van der Waals surface area contributed by atoms with Crippen molar-refractivity contribution >= 4 is 28.3 Å². The Morgan fingerprint density at radius 2 is 1.59 bits per heavy atom. The first-order chi connectivity index (χ1) is 13.0. The predicted octanol–water partition coefficient (Wildman–Crippen LogP) is 3.74. The number of carboxylic acid groups (broad SMARTS) is 1. The number of rotatable bonds is 6. The lowest BCUT2D eigenvalue weighted by atomic mass is 10.0. The number of carbonyl (C=O) groups excluding carboxylic acids is 1. The molecule has 0 spiro atoms. The number of aromatic carboxylic acids is 1. The van der Waals surface area contributed by atoms with Crippen LogP contribution in [0.2, 0.25) is 0 Å². The van der Waals surface area contributed by atoms with Gasteiger partial charge >= 0.3 is 5.97 Å². The molecule has 0 aromatic heterocycles. The van der Waals surface area contributed by atoms with Crippen molar-refractivity contribution in [1.29, 1.82) is 0 Å². The number of methoxy groups -OCH3 is 2. The minimum atomic E-state index is -1.17. The standard InChI is InChI=1S/C21H19NO5/c1-26-18-11-16(21(24)25)17(12-19(18)27-2)22-20(23)10-13-7-8-14-5-3-4-6-15(14)9-13/h3-9,11-12H,10H2,1-2H3,(H,22,23)(H,24,25). The van der Waals surface area contributed by atoms with Gasteiger partial charge in [0.1, 0.15) is 0 Å². The molecule has 0 bridgehead atoms. The molecule has 0 radical (unpaired) electrons. The van der Waals surface area contributed by atoms with E-state index < -0.39 is 5.97 Å². The normalized spacial score (nSPS) is 10.4. The SMILES string of the molecule is COc1cc(NC(=O)Cc2ccc3ccccc3c2)c(C(=O)O)cc1OC. The summed E-state index contributed by atoms with van der Waals surface area (Å²) in [6.45, 7) is 0. The summed E-state index contributed by atoms with van der Waals surface area (Å²) < 4.78 is 10.3. The van der Waals surface area contributed by atoms with Gasteiger partial charge in [-0.15, -0.1) is 0 Å². The van der Waals surface area contributed by atoms with Crippen LogP contribution in [0.1, 0.15) is 15.9 Å². The Labute approximate surface area is 156 Å². The summed E-state index contributed by atoms with van der Waals surface area (Å²) in [5.74, 6) is -0.872. The Morgan fingerprint density at radius 3 is 2.26 bits per heavy atom. The molecule has 1 amide bonds. The average Bonchev–Trinajstić information content (AvgIpc) is 2.67. The second kappa shape index (κ2) is 7.78. The molecule has 0 heterocycles. The third kappa shape index (κ3) is 4.00. The van der Waals surface area contributed by atoms with E-state index in [9.17, 15) is 14.7 Å². The van der Waals surface area contributed by atoms with Crippen molar-refractivity contribution in [2.75, 3.05) is 19.5 Å². The van der Waals surface area contributed by atoms with E-state index in [1.54, 1.807) is 0 Å². The van der Waals surface area contributed by atoms with Crippen molar-refractivity contribution in [3.05, 3.63) is 65.7 Å². The molecule has 0 saturated carbocycles. The van der Waals surface area contributed by atoms with E-state index in [1.807, 2.05) is 42.5 Å². The topological polar surface area (TPSA) is 84.9 Å². The molecule has 6 heteroatoms. The van der Waals surface area contributed by atoms with Gasteiger partial charge < -0.3 is 19.9 Å². The number of ether oxygens (including phenoxy) is 2. The summed E-state index contributed by atoms with van der Waals surface area (Å²) in [4.78, 5) is 24.0. The number of amides is 1. The minimum Gasteiger partial charge on any atom is -0.493 e. The number of carbonyl (C=O) groups is 2. The molecule has 0 saturated heterocycles. The van der Waals surface area contributed by atoms with Crippen molar-refractivity contribution in [1.82, 2.24) is 0 Å². The number of nitrogens with one attached hydrogen (secondary N) is 1. The van der Waals surface area contributed by atoms with Crippen LogP contribution in [-0.2, 0) is 11.2 Å². The molecule has 0 aliphatic rings. The lowest BCUT2D eigenvalue weighted by molar-refractivity contribution is -0.115. The van der Waals surface area contributed by atoms with Crippen LogP contribution in [0.3, 0.4) is 0 Å². The van der Waals surface area contributed by atoms with Crippen molar-refractivity contribution in [3.8, 4) is 11.5 Å². The molecule has 0 aliphatic heterocycles. The smallest absolute Gasteiger partial charge is 0.337 e. The summed E-state index contributed by atoms with van der Waals surface area (Å²) >= 11 is 0. The molecule has 0 fully saturated rings. The van der Waals surface area contributed by atoms with E-state index in [4.69, 9.17) is 9.47 Å². The summed E-state index contributed by atoms with van der Waals surface area (Å²) in [6, 6.07) is 16.4. The molecule has 3 aromatic rings. The number of hydrogen-bond acceptors (Lipinski definition) is 4. The lowest BCUT2D eigenvalue weighted by Gasteiger charge is -2.14. The Balaban J connectivity index is 1.84. The van der Waals surface area contributed by atoms with Gasteiger partial charge in [-0.1, -0.05) is 42.5 Å². The third-order valence-corrected chi connectivity index (χ3v) is 4.21. The molecule has 0 atom stereocenters. The molecular weight excluding hydrogens is 346 g/mol. The maximum atomic E-state index is 12.5. The van der Waals surface area contributed by atoms with Crippen LogP contribution in [0, 0.1) is 0 Å². The number of benzene rings is 3. The molecule has 0 aliphatic carbocycles. The van der Waals surface area contributed by atoms with E-state index in [-0.39, 0.29) is 29.3 Å². The third-order valence-electron chi connectivity index (χ3n) is 4.21. The lowest BCUT2D eigenvalue weighted by Crippen LogP contribution is -2.17. The summed E-state index contributed by atoms with van der Waals surface area (Å²) in [5, 5.41) is 14.2. The van der Waals surface area contributed by atoms with Crippen LogP contribution < -0.4 is 14.8 Å². The highest BCUT2D eigenvalue weighted by molar-refractivity contribution is 6.02. The maximum Gasteiger partial charge on any atom is 0.337 e. The van der Waals surface area contributed by atoms with Crippen LogP contribution in [0.5, 0.6) is 11.5 Å². The highest BCUT2D eigenvalue weighted by atomic mass is 16.5. The summed E-state index contributed by atoms with van der Waals surface area (Å²) in [6.07, 6.45) is 0.123. The Bertz CT molecular complexity index is 1010. The monoisotopic (exact) mass is 365 g/mol. The zero-order valence-electron chi connectivity index (χ0n) is 15.0. The Hall–Kier alpha value is -3.54. The van der Waals surface area contributed by atoms with E-state index in [0.717, 1.165) is 16.3 Å². The average molecular weight is 365 g/mol. The highest BCUT2D eigenvalue weighted by Gasteiger charge is 2.18. The molecule has 3 aromatic carbocycles. The van der Waals surface area contributed by atoms with E-state index in [0.29, 0.717) is 5.75 Å². The fourth-order valence-corrected chi connectivity index (χ4v) is 2.89. The van der Waals surface area contributed by atoms with E-state index in [1.165, 1.54) is 26.4 Å². The first-order valence-electron chi connectivity index (χ1n) is 8.28. The van der Waals surface area contributed by atoms with Gasteiger partial charge in [0, 0.05) is 12.1 Å². The molecule has 138 valence electrons. The second-order valence-corrected chi connectivity index (χ2v) is 5.96. The van der Waals surface area contributed by atoms with Gasteiger partial charge in [0.2, 0.25) is 5.91 Å². The molecule has 3 rings (SSSR count). The predicted molar refractivity (Wildman–Crippen MR) is 103 cm³/mol. The van der Waals surface area contributed by atoms with Crippen molar-refractivity contribution in [2.24, 2.45) is 0 Å². The Morgan fingerprint density at radius 1 is 0.926 bits per heavy atom. The van der Waals surface area contributed by atoms with Gasteiger partial charge in [0.15, 0.2) is 11.5 Å². The quantitative estimate of drug-likeness (QED) is 0.695. The number of hydrogen-bond donors (Lipinski definition) is 2. The second-order valence-electron chi connectivity index (χ2n) is 5.96. The number of carboxylic acids is 1. The fourth-order valence-electron chi connectivity index (χ4n) is 2.89. The van der Waals surface area contributed by atoms with Crippen LogP contribution in [0.25, 0.3) is 10.8 Å². The van der Waals surface area contributed by atoms with E-state index in [2.05, 4.69) is 5.32 Å². The first-order valence-corrected chi connectivity index (χ1v) is 8.28. The molecule has 27 heavy (non-hydrogen) atoms. The van der Waals surface area contributed by atoms with Gasteiger partial charge in [-0.05, 0) is 16.3 Å². The van der Waals surface area contributed by atoms with Crippen LogP contribution >= 0.6 is 0 Å². The van der Waals surface area contributed by atoms with Crippen LogP contribution in [0.4, 0.5) is 5.69 Å². The van der Waals surface area contributed by atoms with E-state index >= 15 is 0 Å².